The molecule has 0 amide bonds. The number of nitrogens with zero attached hydrogens (tertiary/aromatic N) is 1. The van der Waals surface area contributed by atoms with Crippen LogP contribution in [0.4, 0.5) is 0 Å². The van der Waals surface area contributed by atoms with Crippen LogP contribution in [0.25, 0.3) is 0 Å². The van der Waals surface area contributed by atoms with Gasteiger partial charge in [0, 0.05) is 11.8 Å². The van der Waals surface area contributed by atoms with Crippen molar-refractivity contribution in [1.29, 1.82) is 0 Å². The zero-order valence-electron chi connectivity index (χ0n) is 7.16. The lowest BCUT2D eigenvalue weighted by Crippen LogP contribution is -2.21. The van der Waals surface area contributed by atoms with Gasteiger partial charge in [0.2, 0.25) is 0 Å². The van der Waals surface area contributed by atoms with Gasteiger partial charge in [-0.25, -0.2) is 4.98 Å². The fourth-order valence-electron chi connectivity index (χ4n) is 0.986. The number of aliphatic hydroxyl groups is 1. The highest BCUT2D eigenvalue weighted by molar-refractivity contribution is 7.09. The first-order chi connectivity index (χ1) is 5.72. The lowest BCUT2D eigenvalue weighted by molar-refractivity contribution is 0.182. The van der Waals surface area contributed by atoms with Crippen LogP contribution in [0.1, 0.15) is 24.0 Å². The highest BCUT2D eigenvalue weighted by atomic mass is 32.1. The largest absolute Gasteiger partial charge is 0.378 e. The molecule has 1 atom stereocenters. The molecule has 0 fully saturated rings. The summed E-state index contributed by atoms with van der Waals surface area (Å²) < 4.78 is 0. The number of thiazole rings is 1. The number of aromatic nitrogens is 1. The molecule has 0 aliphatic carbocycles. The Morgan fingerprint density at radius 3 is 3.08 bits per heavy atom. The second-order valence-electron chi connectivity index (χ2n) is 2.75. The third-order valence-electron chi connectivity index (χ3n) is 1.48. The average molecular weight is 186 g/mol. The van der Waals surface area contributed by atoms with Gasteiger partial charge in [0.1, 0.15) is 6.23 Å². The third-order valence-corrected chi connectivity index (χ3v) is 2.44. The zero-order valence-corrected chi connectivity index (χ0v) is 7.97. The van der Waals surface area contributed by atoms with Crippen LogP contribution in [0.15, 0.2) is 5.38 Å². The van der Waals surface area contributed by atoms with E-state index in [1.165, 1.54) is 0 Å². The van der Waals surface area contributed by atoms with Gasteiger partial charge in [-0.15, -0.1) is 11.3 Å². The Morgan fingerprint density at radius 2 is 2.50 bits per heavy atom. The predicted molar refractivity (Wildman–Crippen MR) is 50.0 cm³/mol. The van der Waals surface area contributed by atoms with E-state index >= 15 is 0 Å². The Labute approximate surface area is 76.3 Å². The molecule has 3 N–H and O–H groups in total. The summed E-state index contributed by atoms with van der Waals surface area (Å²) in [6.07, 6.45) is 1.81. The van der Waals surface area contributed by atoms with E-state index in [4.69, 9.17) is 10.8 Å². The number of aryl methyl sites for hydroxylation is 1. The van der Waals surface area contributed by atoms with Crippen LogP contribution in [0.3, 0.4) is 0 Å². The third kappa shape index (κ3) is 2.89. The minimum absolute atomic E-state index is 0.459. The lowest BCUT2D eigenvalue weighted by Gasteiger charge is -1.98. The summed E-state index contributed by atoms with van der Waals surface area (Å²) in [5.41, 5.74) is 6.13. The molecule has 12 heavy (non-hydrogen) atoms. The maximum Gasteiger partial charge on any atom is 0.108 e. The first kappa shape index (κ1) is 9.64. The van der Waals surface area contributed by atoms with E-state index in [1.54, 1.807) is 11.3 Å². The SMILES string of the molecule is CCCc1nc(CC(N)O)cs1. The van der Waals surface area contributed by atoms with Gasteiger partial charge in [-0.3, -0.25) is 0 Å². The molecule has 1 rings (SSSR count). The summed E-state index contributed by atoms with van der Waals surface area (Å²) in [4.78, 5) is 4.32. The summed E-state index contributed by atoms with van der Waals surface area (Å²) in [5.74, 6) is 0. The second-order valence-corrected chi connectivity index (χ2v) is 3.70. The van der Waals surface area contributed by atoms with Crippen LogP contribution in [-0.4, -0.2) is 16.3 Å². The second kappa shape index (κ2) is 4.54. The van der Waals surface area contributed by atoms with Crippen molar-refractivity contribution in [2.75, 3.05) is 0 Å². The molecule has 1 unspecified atom stereocenters. The Balaban J connectivity index is 2.52. The summed E-state index contributed by atoms with van der Waals surface area (Å²) in [7, 11) is 0. The quantitative estimate of drug-likeness (QED) is 0.687. The first-order valence-corrected chi connectivity index (χ1v) is 4.97. The molecule has 68 valence electrons. The number of nitrogens with two attached hydrogens (primary N) is 1. The van der Waals surface area contributed by atoms with Gasteiger partial charge < -0.3 is 10.8 Å². The summed E-state index contributed by atoms with van der Waals surface area (Å²) in [5, 5.41) is 12.0. The van der Waals surface area contributed by atoms with E-state index in [1.807, 2.05) is 5.38 Å². The van der Waals surface area contributed by atoms with Crippen molar-refractivity contribution < 1.29 is 5.11 Å². The number of rotatable bonds is 4. The Morgan fingerprint density at radius 1 is 1.75 bits per heavy atom. The Bertz CT molecular complexity index is 235. The van der Waals surface area contributed by atoms with Gasteiger partial charge >= 0.3 is 0 Å². The fraction of sp³-hybridized carbons (Fsp3) is 0.625. The molecule has 1 aromatic rings. The molecular formula is C8H14N2OS. The fourth-order valence-corrected chi connectivity index (χ4v) is 1.90. The van der Waals surface area contributed by atoms with Crippen molar-refractivity contribution in [3.8, 4) is 0 Å². The molecule has 0 bridgehead atoms. The zero-order chi connectivity index (χ0) is 8.97. The van der Waals surface area contributed by atoms with Crippen LogP contribution in [0.2, 0.25) is 0 Å². The van der Waals surface area contributed by atoms with Gasteiger partial charge in [0.25, 0.3) is 0 Å². The van der Waals surface area contributed by atoms with Crippen molar-refractivity contribution in [1.82, 2.24) is 4.98 Å². The molecule has 1 heterocycles. The van der Waals surface area contributed by atoms with E-state index in [9.17, 15) is 0 Å². The molecule has 0 spiro atoms. The molecule has 0 saturated carbocycles. The highest BCUT2D eigenvalue weighted by Gasteiger charge is 2.03. The lowest BCUT2D eigenvalue weighted by atomic mass is 10.3. The molecule has 4 heteroatoms. The van der Waals surface area contributed by atoms with Gasteiger partial charge in [0.05, 0.1) is 10.7 Å². The van der Waals surface area contributed by atoms with E-state index < -0.39 is 6.23 Å². The van der Waals surface area contributed by atoms with Crippen molar-refractivity contribution in [2.24, 2.45) is 5.73 Å². The van der Waals surface area contributed by atoms with Crippen LogP contribution < -0.4 is 5.73 Å². The number of hydrogen-bond donors (Lipinski definition) is 2. The monoisotopic (exact) mass is 186 g/mol. The van der Waals surface area contributed by atoms with E-state index in [2.05, 4.69) is 11.9 Å². The molecule has 0 radical (unpaired) electrons. The summed E-state index contributed by atoms with van der Waals surface area (Å²) >= 11 is 1.64. The van der Waals surface area contributed by atoms with Crippen LogP contribution >= 0.6 is 11.3 Å². The van der Waals surface area contributed by atoms with Crippen molar-refractivity contribution in [3.63, 3.8) is 0 Å². The van der Waals surface area contributed by atoms with E-state index in [0.717, 1.165) is 23.5 Å². The van der Waals surface area contributed by atoms with Crippen molar-refractivity contribution in [3.05, 3.63) is 16.1 Å². The van der Waals surface area contributed by atoms with Crippen LogP contribution in [0, 0.1) is 0 Å². The summed E-state index contributed by atoms with van der Waals surface area (Å²) in [6.45, 7) is 2.12. The normalized spacial score (nSPS) is 13.2. The maximum absolute atomic E-state index is 8.89. The molecule has 0 aliphatic heterocycles. The van der Waals surface area contributed by atoms with Gasteiger partial charge in [-0.1, -0.05) is 6.92 Å². The van der Waals surface area contributed by atoms with Gasteiger partial charge in [-0.05, 0) is 12.8 Å². The standard InChI is InChI=1S/C8H14N2OS/c1-2-3-8-10-6(5-12-8)4-7(9)11/h5,7,11H,2-4,9H2,1H3. The number of aliphatic hydroxyl groups excluding tert-OH is 1. The molecule has 0 aliphatic rings. The number of hydrogen-bond acceptors (Lipinski definition) is 4. The molecule has 1 aromatic heterocycles. The minimum Gasteiger partial charge on any atom is -0.378 e. The Hall–Kier alpha value is -0.450. The minimum atomic E-state index is -0.776. The van der Waals surface area contributed by atoms with Gasteiger partial charge in [-0.2, -0.15) is 0 Å². The topological polar surface area (TPSA) is 59.1 Å². The average Bonchev–Trinajstić information content (AvgIpc) is 2.36. The molecule has 0 saturated heterocycles. The maximum atomic E-state index is 8.89. The summed E-state index contributed by atoms with van der Waals surface area (Å²) in [6, 6.07) is 0. The molecular weight excluding hydrogens is 172 g/mol. The predicted octanol–water partition coefficient (Wildman–Crippen LogP) is 0.915. The van der Waals surface area contributed by atoms with E-state index in [0.29, 0.717) is 6.42 Å². The smallest absolute Gasteiger partial charge is 0.108 e. The van der Waals surface area contributed by atoms with Crippen molar-refractivity contribution in [2.45, 2.75) is 32.4 Å². The first-order valence-electron chi connectivity index (χ1n) is 4.09. The van der Waals surface area contributed by atoms with E-state index in [-0.39, 0.29) is 0 Å². The van der Waals surface area contributed by atoms with Crippen LogP contribution in [0.5, 0.6) is 0 Å². The Kier molecular flexibility index (Phi) is 3.65. The molecule has 3 nitrogen and oxygen atoms in total. The van der Waals surface area contributed by atoms with Crippen molar-refractivity contribution >= 4 is 11.3 Å². The molecule has 0 aromatic carbocycles. The van der Waals surface area contributed by atoms with Gasteiger partial charge in [0.15, 0.2) is 0 Å². The van der Waals surface area contributed by atoms with Crippen LogP contribution in [-0.2, 0) is 12.8 Å². The highest BCUT2D eigenvalue weighted by Crippen LogP contribution is 2.12.